The van der Waals surface area contributed by atoms with Gasteiger partial charge in [-0.3, -0.25) is 0 Å². The number of carbonyl (C=O) groups is 1. The summed E-state index contributed by atoms with van der Waals surface area (Å²) in [6.45, 7) is 15.7. The van der Waals surface area contributed by atoms with Crippen molar-refractivity contribution < 1.29 is 31.5 Å². The van der Waals surface area contributed by atoms with Crippen LogP contribution < -0.4 is 4.74 Å². The van der Waals surface area contributed by atoms with Gasteiger partial charge in [-0.1, -0.05) is 0 Å². The van der Waals surface area contributed by atoms with Crippen molar-refractivity contribution in [3.8, 4) is 5.75 Å². The molecule has 0 N–H and O–H groups in total. The Morgan fingerprint density at radius 1 is 1.00 bits per heavy atom. The van der Waals surface area contributed by atoms with Gasteiger partial charge >= 0.3 is 253 Å². The van der Waals surface area contributed by atoms with Crippen molar-refractivity contribution in [3.05, 3.63) is 65.7 Å². The molecule has 0 aromatic heterocycles. The van der Waals surface area contributed by atoms with E-state index in [0.29, 0.717) is 18.8 Å². The van der Waals surface area contributed by atoms with Gasteiger partial charge < -0.3 is 0 Å². The minimum absolute atomic E-state index is 0.0189. The molecule has 3 saturated heterocycles. The Morgan fingerprint density at radius 3 is 2.34 bits per heavy atom. The zero-order valence-electron chi connectivity index (χ0n) is 25.2. The van der Waals surface area contributed by atoms with Gasteiger partial charge in [0.15, 0.2) is 0 Å². The first-order chi connectivity index (χ1) is 19.6. The second-order valence-electron chi connectivity index (χ2n) is 11.9. The van der Waals surface area contributed by atoms with Crippen molar-refractivity contribution in [2.24, 2.45) is 5.92 Å². The Labute approximate surface area is 252 Å². The molecule has 41 heavy (non-hydrogen) atoms. The monoisotopic (exact) mass is 680 g/mol. The van der Waals surface area contributed by atoms with Crippen LogP contribution in [0.2, 0.25) is 0 Å². The molecule has 3 heterocycles. The van der Waals surface area contributed by atoms with E-state index >= 15 is 0 Å². The third-order valence-corrected chi connectivity index (χ3v) is 17.8. The number of carbonyl (C=O) groups excluding carboxylic acids is 1. The summed E-state index contributed by atoms with van der Waals surface area (Å²) >= 11 is -2.11. The number of halogens is 1. The Kier molecular flexibility index (Phi) is 9.36. The van der Waals surface area contributed by atoms with Gasteiger partial charge in [-0.2, -0.15) is 0 Å². The molecule has 2 aromatic rings. The molecule has 3 aliphatic rings. The van der Waals surface area contributed by atoms with Crippen LogP contribution in [-0.2, 0) is 22.0 Å². The molecule has 0 radical (unpaired) electrons. The number of ether oxygens (including phenoxy) is 5. The van der Waals surface area contributed by atoms with Gasteiger partial charge in [-0.05, 0) is 0 Å². The van der Waals surface area contributed by atoms with Gasteiger partial charge in [-0.15, -0.1) is 0 Å². The summed E-state index contributed by atoms with van der Waals surface area (Å²) in [6.07, 6.45) is 2.69. The van der Waals surface area contributed by atoms with E-state index in [9.17, 15) is 4.79 Å². The molecule has 1 spiro atoms. The summed E-state index contributed by atoms with van der Waals surface area (Å²) in [6, 6.07) is 17.4. The topological polar surface area (TPSA) is 75.8 Å². The van der Waals surface area contributed by atoms with Gasteiger partial charge in [0.25, 0.3) is 0 Å². The van der Waals surface area contributed by atoms with E-state index in [1.807, 2.05) is 30.3 Å². The van der Waals surface area contributed by atoms with Crippen molar-refractivity contribution in [1.29, 1.82) is 0 Å². The summed E-state index contributed by atoms with van der Waals surface area (Å²) in [5.41, 5.74) is 1.70. The van der Waals surface area contributed by atoms with Crippen LogP contribution in [0.5, 0.6) is 5.75 Å². The second-order valence-corrected chi connectivity index (χ2v) is 18.9. The molecular formula is C33H45IO7. The van der Waals surface area contributed by atoms with E-state index in [-0.39, 0.29) is 43.6 Å². The van der Waals surface area contributed by atoms with Crippen LogP contribution in [0.15, 0.2) is 54.6 Å². The first-order valence-corrected chi connectivity index (χ1v) is 17.9. The SMILES string of the molecule is CCC1(C)CC2(OCC(COC(=O)c3ccccc3)O2)C(C)C(C)(CC)I1OC(C)c1ccc(OCC2CO2)cc1. The Bertz CT molecular complexity index is 1170. The van der Waals surface area contributed by atoms with Gasteiger partial charge in [-0.25, -0.2) is 0 Å². The summed E-state index contributed by atoms with van der Waals surface area (Å²) < 4.78 is 37.1. The van der Waals surface area contributed by atoms with E-state index in [0.717, 1.165) is 37.2 Å². The summed E-state index contributed by atoms with van der Waals surface area (Å²) in [4.78, 5) is 12.5. The third-order valence-electron chi connectivity index (χ3n) is 9.11. The molecule has 2 aromatic carbocycles. The van der Waals surface area contributed by atoms with Gasteiger partial charge in [0.05, 0.1) is 0 Å². The molecule has 0 bridgehead atoms. The van der Waals surface area contributed by atoms with Crippen molar-refractivity contribution in [3.63, 3.8) is 0 Å². The summed E-state index contributed by atoms with van der Waals surface area (Å²) in [7, 11) is 0. The molecule has 8 heteroatoms. The number of hydrogen-bond acceptors (Lipinski definition) is 7. The van der Waals surface area contributed by atoms with Gasteiger partial charge in [0.2, 0.25) is 0 Å². The Hall–Kier alpha value is -1.72. The molecule has 7 unspecified atom stereocenters. The average molecular weight is 681 g/mol. The number of epoxide rings is 1. The number of benzene rings is 2. The van der Waals surface area contributed by atoms with E-state index < -0.39 is 26.0 Å². The quantitative estimate of drug-likeness (QED) is 0.107. The van der Waals surface area contributed by atoms with Crippen molar-refractivity contribution in [1.82, 2.24) is 0 Å². The number of rotatable bonds is 11. The summed E-state index contributed by atoms with van der Waals surface area (Å²) in [5.74, 6) is -0.0625. The normalized spacial score (nSPS) is 34.4. The average Bonchev–Trinajstić information content (AvgIpc) is 3.75. The van der Waals surface area contributed by atoms with Crippen LogP contribution in [0.1, 0.15) is 82.8 Å². The van der Waals surface area contributed by atoms with Crippen LogP contribution in [0, 0.1) is 5.92 Å². The molecule has 0 saturated carbocycles. The van der Waals surface area contributed by atoms with Crippen LogP contribution >= 0.6 is 20.2 Å². The number of hydrogen-bond donors (Lipinski definition) is 0. The van der Waals surface area contributed by atoms with Crippen LogP contribution in [0.25, 0.3) is 0 Å². The molecule has 7 nitrogen and oxygen atoms in total. The van der Waals surface area contributed by atoms with Crippen molar-refractivity contribution in [2.45, 2.75) is 91.7 Å². The van der Waals surface area contributed by atoms with Crippen LogP contribution in [-0.4, -0.2) is 57.2 Å². The fourth-order valence-electron chi connectivity index (χ4n) is 5.92. The molecule has 0 amide bonds. The maximum absolute atomic E-state index is 12.5. The van der Waals surface area contributed by atoms with Crippen molar-refractivity contribution >= 4 is 26.2 Å². The second kappa shape index (κ2) is 12.5. The van der Waals surface area contributed by atoms with E-state index in [1.165, 1.54) is 0 Å². The van der Waals surface area contributed by atoms with Gasteiger partial charge in [0, 0.05) is 0 Å². The van der Waals surface area contributed by atoms with Crippen LogP contribution in [0.3, 0.4) is 0 Å². The maximum atomic E-state index is 12.5. The fourth-order valence-corrected chi connectivity index (χ4v) is 14.7. The van der Waals surface area contributed by atoms with Crippen LogP contribution in [0.4, 0.5) is 0 Å². The van der Waals surface area contributed by atoms with Gasteiger partial charge in [0.1, 0.15) is 0 Å². The molecule has 3 fully saturated rings. The molecule has 5 rings (SSSR count). The van der Waals surface area contributed by atoms with E-state index in [1.54, 1.807) is 12.1 Å². The predicted octanol–water partition coefficient (Wildman–Crippen LogP) is 7.31. The molecule has 7 atom stereocenters. The fraction of sp³-hybridized carbons (Fsp3) is 0.606. The number of alkyl halides is 2. The van der Waals surface area contributed by atoms with Crippen molar-refractivity contribution in [2.75, 3.05) is 26.4 Å². The Morgan fingerprint density at radius 2 is 1.71 bits per heavy atom. The number of esters is 1. The predicted molar refractivity (Wildman–Crippen MR) is 167 cm³/mol. The van der Waals surface area contributed by atoms with E-state index in [4.69, 9.17) is 26.8 Å². The molecular weight excluding hydrogens is 635 g/mol. The standard InChI is InChI=1S/C33H45IO7/c1-7-31(5)22-33(39-21-29(40-33)20-38-30(35)26-12-10-9-11-13-26)24(4)32(6,8-2)34(31)41-23(3)25-14-16-27(17-15-25)36-18-28-19-37-28/h9-17,23-24,28-29H,7-8,18-22H2,1-6H3. The first-order valence-electron chi connectivity index (χ1n) is 14.9. The third kappa shape index (κ3) is 6.47. The first kappa shape index (κ1) is 30.7. The zero-order chi connectivity index (χ0) is 29.3. The molecule has 226 valence electrons. The summed E-state index contributed by atoms with van der Waals surface area (Å²) in [5, 5.41) is 0. The van der Waals surface area contributed by atoms with E-state index in [2.05, 4.69) is 53.7 Å². The molecule has 3 aliphatic heterocycles. The minimum atomic E-state index is -2.11. The Balaban J connectivity index is 1.27. The molecule has 0 aliphatic carbocycles. The zero-order valence-corrected chi connectivity index (χ0v) is 27.3.